The molecule has 0 aliphatic heterocycles. The van der Waals surface area contributed by atoms with Gasteiger partial charge in [-0.2, -0.15) is 0 Å². The van der Waals surface area contributed by atoms with Crippen molar-refractivity contribution in [2.24, 2.45) is 5.92 Å². The first-order chi connectivity index (χ1) is 14.4. The highest BCUT2D eigenvalue weighted by Crippen LogP contribution is 2.22. The van der Waals surface area contributed by atoms with E-state index in [-0.39, 0.29) is 23.1 Å². The molecule has 9 heteroatoms. The highest BCUT2D eigenvalue weighted by molar-refractivity contribution is 7.99. The minimum absolute atomic E-state index is 0.0644. The molecule has 2 aromatic heterocycles. The van der Waals surface area contributed by atoms with Gasteiger partial charge in [-0.1, -0.05) is 43.8 Å². The number of rotatable bonds is 6. The van der Waals surface area contributed by atoms with E-state index in [0.29, 0.717) is 34.1 Å². The van der Waals surface area contributed by atoms with E-state index < -0.39 is 5.82 Å². The van der Waals surface area contributed by atoms with Crippen LogP contribution in [0, 0.1) is 11.7 Å². The minimum Gasteiger partial charge on any atom is -0.325 e. The molecule has 0 aliphatic rings. The van der Waals surface area contributed by atoms with Crippen LogP contribution in [0.3, 0.4) is 0 Å². The molecule has 154 valence electrons. The van der Waals surface area contributed by atoms with Crippen molar-refractivity contribution in [2.75, 3.05) is 11.1 Å². The third kappa shape index (κ3) is 3.93. The summed E-state index contributed by atoms with van der Waals surface area (Å²) in [6.07, 6.45) is 0. The van der Waals surface area contributed by atoms with Crippen LogP contribution in [-0.4, -0.2) is 30.8 Å². The Morgan fingerprint density at radius 3 is 2.73 bits per heavy atom. The smallest absolute Gasteiger partial charge is 0.262 e. The minimum atomic E-state index is -0.418. The lowest BCUT2D eigenvalue weighted by Crippen LogP contribution is -2.25. The van der Waals surface area contributed by atoms with Crippen molar-refractivity contribution in [3.05, 3.63) is 64.7 Å². The standard InChI is InChI=1S/C21H20FN5O2S/c1-13(2)11-26-19(29)16-8-3-4-9-17(16)27-20(26)24-25-21(27)30-12-18(28)23-15-7-5-6-14(22)10-15/h3-10,13H,11-12H2,1-2H3,(H,23,28). The highest BCUT2D eigenvalue weighted by atomic mass is 32.2. The third-order valence-electron chi connectivity index (χ3n) is 4.47. The number of hydrogen-bond acceptors (Lipinski definition) is 5. The Balaban J connectivity index is 1.67. The summed E-state index contributed by atoms with van der Waals surface area (Å²) in [4.78, 5) is 25.3. The Labute approximate surface area is 175 Å². The van der Waals surface area contributed by atoms with E-state index >= 15 is 0 Å². The molecule has 0 unspecified atom stereocenters. The monoisotopic (exact) mass is 425 g/mol. The zero-order valence-electron chi connectivity index (χ0n) is 16.5. The summed E-state index contributed by atoms with van der Waals surface area (Å²) in [6.45, 7) is 4.57. The number of benzene rings is 2. The molecule has 0 aliphatic carbocycles. The lowest BCUT2D eigenvalue weighted by Gasteiger charge is -2.12. The van der Waals surface area contributed by atoms with E-state index in [1.54, 1.807) is 21.1 Å². The number of carbonyl (C=O) groups excluding carboxylic acids is 1. The van der Waals surface area contributed by atoms with Crippen molar-refractivity contribution < 1.29 is 9.18 Å². The molecule has 0 spiro atoms. The third-order valence-corrected chi connectivity index (χ3v) is 5.40. The summed E-state index contributed by atoms with van der Waals surface area (Å²) in [7, 11) is 0. The van der Waals surface area contributed by atoms with Gasteiger partial charge in [0.25, 0.3) is 5.56 Å². The van der Waals surface area contributed by atoms with Crippen molar-refractivity contribution in [1.82, 2.24) is 19.2 Å². The molecule has 1 N–H and O–H groups in total. The van der Waals surface area contributed by atoms with Crippen LogP contribution >= 0.6 is 11.8 Å². The number of para-hydroxylation sites is 1. The maximum atomic E-state index is 13.3. The van der Waals surface area contributed by atoms with Gasteiger partial charge in [0.05, 0.1) is 16.7 Å². The molecule has 4 aromatic rings. The molecule has 0 atom stereocenters. The predicted octanol–water partition coefficient (Wildman–Crippen LogP) is 3.57. The number of anilines is 1. The number of nitrogens with one attached hydrogen (secondary N) is 1. The molecule has 0 radical (unpaired) electrons. The van der Waals surface area contributed by atoms with Crippen molar-refractivity contribution in [3.8, 4) is 0 Å². The Morgan fingerprint density at radius 1 is 1.17 bits per heavy atom. The van der Waals surface area contributed by atoms with E-state index in [9.17, 15) is 14.0 Å². The average Bonchev–Trinajstić information content (AvgIpc) is 3.13. The summed E-state index contributed by atoms with van der Waals surface area (Å²) in [5, 5.41) is 12.2. The summed E-state index contributed by atoms with van der Waals surface area (Å²) in [5.41, 5.74) is 0.970. The topological polar surface area (TPSA) is 81.3 Å². The number of halogens is 1. The fourth-order valence-corrected chi connectivity index (χ4v) is 3.99. The van der Waals surface area contributed by atoms with Crippen molar-refractivity contribution >= 4 is 40.0 Å². The number of amides is 1. The van der Waals surface area contributed by atoms with Gasteiger partial charge in [-0.25, -0.2) is 4.39 Å². The number of carbonyl (C=O) groups is 1. The zero-order chi connectivity index (χ0) is 21.3. The highest BCUT2D eigenvalue weighted by Gasteiger charge is 2.18. The summed E-state index contributed by atoms with van der Waals surface area (Å²) in [5.74, 6) is 0.0492. The van der Waals surface area contributed by atoms with Gasteiger partial charge < -0.3 is 5.32 Å². The molecule has 0 bridgehead atoms. The van der Waals surface area contributed by atoms with Crippen LogP contribution < -0.4 is 10.9 Å². The first-order valence-corrected chi connectivity index (χ1v) is 10.5. The molecule has 30 heavy (non-hydrogen) atoms. The van der Waals surface area contributed by atoms with Crippen molar-refractivity contribution in [1.29, 1.82) is 0 Å². The van der Waals surface area contributed by atoms with Crippen LogP contribution in [0.4, 0.5) is 10.1 Å². The Bertz CT molecular complexity index is 1300. The Hall–Kier alpha value is -3.20. The van der Waals surface area contributed by atoms with Gasteiger partial charge >= 0.3 is 0 Å². The van der Waals surface area contributed by atoms with Gasteiger partial charge in [0.15, 0.2) is 5.16 Å². The van der Waals surface area contributed by atoms with E-state index in [0.717, 1.165) is 0 Å². The van der Waals surface area contributed by atoms with Crippen LogP contribution in [0.25, 0.3) is 16.7 Å². The van der Waals surface area contributed by atoms with E-state index in [1.807, 2.05) is 32.0 Å². The first kappa shape index (κ1) is 20.1. The second-order valence-electron chi connectivity index (χ2n) is 7.29. The summed E-state index contributed by atoms with van der Waals surface area (Å²) >= 11 is 1.20. The molecular formula is C21H20FN5O2S. The number of nitrogens with zero attached hydrogens (tertiary/aromatic N) is 4. The molecule has 2 heterocycles. The van der Waals surface area contributed by atoms with Crippen molar-refractivity contribution in [3.63, 3.8) is 0 Å². The maximum absolute atomic E-state index is 13.3. The zero-order valence-corrected chi connectivity index (χ0v) is 17.3. The molecule has 2 aromatic carbocycles. The second kappa shape index (κ2) is 8.27. The van der Waals surface area contributed by atoms with E-state index in [1.165, 1.54) is 30.0 Å². The van der Waals surface area contributed by atoms with E-state index in [4.69, 9.17) is 0 Å². The second-order valence-corrected chi connectivity index (χ2v) is 8.23. The maximum Gasteiger partial charge on any atom is 0.262 e. The summed E-state index contributed by atoms with van der Waals surface area (Å²) in [6, 6.07) is 13.0. The van der Waals surface area contributed by atoms with Gasteiger partial charge in [-0.15, -0.1) is 10.2 Å². The van der Waals surface area contributed by atoms with Gasteiger partial charge in [0.2, 0.25) is 11.7 Å². The quantitative estimate of drug-likeness (QED) is 0.478. The van der Waals surface area contributed by atoms with Gasteiger partial charge in [0, 0.05) is 12.2 Å². The predicted molar refractivity (Wildman–Crippen MR) is 115 cm³/mol. The van der Waals surface area contributed by atoms with Gasteiger partial charge in [-0.05, 0) is 36.2 Å². The first-order valence-electron chi connectivity index (χ1n) is 9.49. The summed E-state index contributed by atoms with van der Waals surface area (Å²) < 4.78 is 16.7. The molecule has 4 rings (SSSR count). The largest absolute Gasteiger partial charge is 0.325 e. The number of hydrogen-bond donors (Lipinski definition) is 1. The van der Waals surface area contributed by atoms with Crippen LogP contribution in [0.1, 0.15) is 13.8 Å². The van der Waals surface area contributed by atoms with Gasteiger partial charge in [0.1, 0.15) is 5.82 Å². The van der Waals surface area contributed by atoms with Crippen LogP contribution in [0.2, 0.25) is 0 Å². The van der Waals surface area contributed by atoms with Crippen LogP contribution in [0.5, 0.6) is 0 Å². The number of fused-ring (bicyclic) bond motifs is 3. The van der Waals surface area contributed by atoms with Crippen LogP contribution in [0.15, 0.2) is 58.5 Å². The normalized spacial score (nSPS) is 11.5. The molecule has 7 nitrogen and oxygen atoms in total. The Morgan fingerprint density at radius 2 is 1.97 bits per heavy atom. The van der Waals surface area contributed by atoms with Gasteiger partial charge in [-0.3, -0.25) is 18.6 Å². The molecule has 0 saturated heterocycles. The lowest BCUT2D eigenvalue weighted by molar-refractivity contribution is -0.113. The molecule has 1 amide bonds. The number of aromatic nitrogens is 4. The lowest BCUT2D eigenvalue weighted by atomic mass is 10.2. The van der Waals surface area contributed by atoms with Crippen molar-refractivity contribution in [2.45, 2.75) is 25.5 Å². The molecule has 0 fully saturated rings. The average molecular weight is 425 g/mol. The molecule has 0 saturated carbocycles. The number of thioether (sulfide) groups is 1. The van der Waals surface area contributed by atoms with E-state index in [2.05, 4.69) is 15.5 Å². The Kier molecular flexibility index (Phi) is 5.54. The fourth-order valence-electron chi connectivity index (χ4n) is 3.25. The van der Waals surface area contributed by atoms with Crippen LogP contribution in [-0.2, 0) is 11.3 Å². The molecular weight excluding hydrogens is 405 g/mol. The fraction of sp³-hybridized carbons (Fsp3) is 0.238. The SMILES string of the molecule is CC(C)Cn1c(=O)c2ccccc2n2c(SCC(=O)Nc3cccc(F)c3)nnc12.